The van der Waals surface area contributed by atoms with Gasteiger partial charge in [0.25, 0.3) is 5.91 Å². The summed E-state index contributed by atoms with van der Waals surface area (Å²) in [5.41, 5.74) is 1.14. The van der Waals surface area contributed by atoms with Gasteiger partial charge in [0.15, 0.2) is 0 Å². The largest absolute Gasteiger partial charge is 0.475 e. The third-order valence-corrected chi connectivity index (χ3v) is 5.77. The van der Waals surface area contributed by atoms with Crippen LogP contribution < -0.4 is 5.32 Å². The summed E-state index contributed by atoms with van der Waals surface area (Å²) in [5.74, 6) is -0.533. The maximum absolute atomic E-state index is 12.5. The number of carbonyl (C=O) groups is 2. The summed E-state index contributed by atoms with van der Waals surface area (Å²) in [5, 5.41) is 31.2. The second kappa shape index (κ2) is 13.0. The fourth-order valence-corrected chi connectivity index (χ4v) is 4.01. The lowest BCUT2D eigenvalue weighted by atomic mass is 9.76. The van der Waals surface area contributed by atoms with Gasteiger partial charge in [-0.25, -0.2) is 0 Å². The molecule has 32 heavy (non-hydrogen) atoms. The second-order valence-electron chi connectivity index (χ2n) is 8.84. The van der Waals surface area contributed by atoms with Gasteiger partial charge < -0.3 is 20.3 Å². The molecule has 1 saturated heterocycles. The zero-order valence-corrected chi connectivity index (χ0v) is 19.0. The van der Waals surface area contributed by atoms with Gasteiger partial charge in [-0.1, -0.05) is 50.3 Å². The first-order valence-corrected chi connectivity index (χ1v) is 11.4. The highest BCUT2D eigenvalue weighted by molar-refractivity contribution is 6.43. The number of allylic oxidation sites excluding steroid dienone is 1. The third kappa shape index (κ3) is 8.48. The van der Waals surface area contributed by atoms with E-state index in [1.54, 1.807) is 11.0 Å². The van der Waals surface area contributed by atoms with Gasteiger partial charge in [-0.3, -0.25) is 9.59 Å². The van der Waals surface area contributed by atoms with E-state index in [0.717, 1.165) is 24.8 Å². The number of nitrogens with one attached hydrogen (secondary N) is 1. The monoisotopic (exact) mass is 439 g/mol. The molecule has 2 amide bonds. The van der Waals surface area contributed by atoms with E-state index in [0.29, 0.717) is 38.3 Å². The predicted octanol–water partition coefficient (Wildman–Crippen LogP) is 2.24. The lowest BCUT2D eigenvalue weighted by Crippen LogP contribution is -2.47. The van der Waals surface area contributed by atoms with E-state index in [9.17, 15) is 24.9 Å². The van der Waals surface area contributed by atoms with Crippen LogP contribution in [0.4, 0.5) is 0 Å². The molecule has 3 N–H and O–H groups in total. The number of benzene rings is 1. The average molecular weight is 439 g/mol. The van der Waals surface area contributed by atoms with Crippen molar-refractivity contribution in [2.45, 2.75) is 58.3 Å². The first-order chi connectivity index (χ1) is 15.3. The number of nitriles is 1. The molecule has 8 heteroatoms. The fraction of sp³-hybridized carbons (Fsp3) is 0.542. The standard InChI is InChI=1S/C24H34BN3O4/c1-18(2)15-21(17-26)24(30)28-13-11-19(12-14-28)9-6-10-23(29)27-22(25(31)32)16-20-7-4-3-5-8-20/h3-5,7-8,15,18-19,22,31-32H,6,9-14,16H2,1-2H3,(H,27,29). The molecule has 2 rings (SSSR count). The summed E-state index contributed by atoms with van der Waals surface area (Å²) in [6, 6.07) is 11.4. The molecule has 0 saturated carbocycles. The highest BCUT2D eigenvalue weighted by atomic mass is 16.4. The predicted molar refractivity (Wildman–Crippen MR) is 124 cm³/mol. The SMILES string of the molecule is CC(C)C=C(C#N)C(=O)N1CCC(CCCC(=O)NC(Cc2ccccc2)B(O)O)CC1. The van der Waals surface area contributed by atoms with Crippen molar-refractivity contribution in [3.05, 3.63) is 47.5 Å². The van der Waals surface area contributed by atoms with Crippen LogP contribution in [0.15, 0.2) is 42.0 Å². The smallest absolute Gasteiger partial charge is 0.426 e. The van der Waals surface area contributed by atoms with Crippen LogP contribution in [0.5, 0.6) is 0 Å². The Balaban J connectivity index is 1.72. The van der Waals surface area contributed by atoms with Crippen LogP contribution in [0.3, 0.4) is 0 Å². The van der Waals surface area contributed by atoms with Gasteiger partial charge in [0.2, 0.25) is 5.91 Å². The minimum atomic E-state index is -1.62. The van der Waals surface area contributed by atoms with Crippen LogP contribution in [0.2, 0.25) is 0 Å². The van der Waals surface area contributed by atoms with E-state index in [2.05, 4.69) is 5.32 Å². The molecule has 1 aromatic carbocycles. The molecule has 172 valence electrons. The van der Waals surface area contributed by atoms with Gasteiger partial charge >= 0.3 is 7.12 Å². The van der Waals surface area contributed by atoms with Crippen LogP contribution in [-0.2, 0) is 16.0 Å². The zero-order valence-electron chi connectivity index (χ0n) is 19.0. The van der Waals surface area contributed by atoms with E-state index < -0.39 is 13.1 Å². The molecule has 1 unspecified atom stereocenters. The van der Waals surface area contributed by atoms with Crippen LogP contribution >= 0.6 is 0 Å². The Morgan fingerprint density at radius 2 is 1.91 bits per heavy atom. The Morgan fingerprint density at radius 1 is 1.25 bits per heavy atom. The van der Waals surface area contributed by atoms with E-state index in [1.165, 1.54) is 0 Å². The van der Waals surface area contributed by atoms with Crippen molar-refractivity contribution in [1.29, 1.82) is 5.26 Å². The van der Waals surface area contributed by atoms with Gasteiger partial charge in [0, 0.05) is 19.5 Å². The number of rotatable bonds is 10. The summed E-state index contributed by atoms with van der Waals surface area (Å²) in [7, 11) is -1.62. The summed E-state index contributed by atoms with van der Waals surface area (Å²) in [4.78, 5) is 26.6. The average Bonchev–Trinajstić information content (AvgIpc) is 2.77. The molecular formula is C24H34BN3O4. The lowest BCUT2D eigenvalue weighted by Gasteiger charge is -2.32. The van der Waals surface area contributed by atoms with Crippen molar-refractivity contribution in [2.24, 2.45) is 11.8 Å². The number of nitrogens with zero attached hydrogens (tertiary/aromatic N) is 2. The zero-order chi connectivity index (χ0) is 23.5. The van der Waals surface area contributed by atoms with Crippen molar-refractivity contribution in [3.8, 4) is 6.07 Å². The van der Waals surface area contributed by atoms with Crippen molar-refractivity contribution in [2.75, 3.05) is 13.1 Å². The second-order valence-corrected chi connectivity index (χ2v) is 8.84. The van der Waals surface area contributed by atoms with E-state index >= 15 is 0 Å². The van der Waals surface area contributed by atoms with Crippen LogP contribution in [-0.4, -0.2) is 52.9 Å². The van der Waals surface area contributed by atoms with Gasteiger partial charge in [-0.05, 0) is 49.5 Å². The quantitative estimate of drug-likeness (QED) is 0.294. The molecule has 0 spiro atoms. The highest BCUT2D eigenvalue weighted by Gasteiger charge is 2.27. The normalized spacial score (nSPS) is 15.9. The van der Waals surface area contributed by atoms with E-state index in [1.807, 2.05) is 50.2 Å². The van der Waals surface area contributed by atoms with Gasteiger partial charge in [-0.15, -0.1) is 0 Å². The first-order valence-electron chi connectivity index (χ1n) is 11.4. The van der Waals surface area contributed by atoms with Gasteiger partial charge in [-0.2, -0.15) is 5.26 Å². The Labute approximate surface area is 191 Å². The van der Waals surface area contributed by atoms with E-state index in [4.69, 9.17) is 0 Å². The third-order valence-electron chi connectivity index (χ3n) is 5.77. The van der Waals surface area contributed by atoms with Crippen molar-refractivity contribution in [1.82, 2.24) is 10.2 Å². The van der Waals surface area contributed by atoms with Crippen LogP contribution in [0, 0.1) is 23.2 Å². The highest BCUT2D eigenvalue weighted by Crippen LogP contribution is 2.23. The maximum atomic E-state index is 12.5. The molecule has 1 atom stereocenters. The van der Waals surface area contributed by atoms with E-state index in [-0.39, 0.29) is 23.3 Å². The number of amides is 2. The van der Waals surface area contributed by atoms with Gasteiger partial charge in [0.1, 0.15) is 11.6 Å². The lowest BCUT2D eigenvalue weighted by molar-refractivity contribution is -0.128. The number of piperidine rings is 1. The van der Waals surface area contributed by atoms with Crippen molar-refractivity contribution < 1.29 is 19.6 Å². The Bertz CT molecular complexity index is 812. The fourth-order valence-electron chi connectivity index (χ4n) is 4.01. The molecule has 1 aliphatic heterocycles. The topological polar surface area (TPSA) is 114 Å². The number of likely N-dealkylation sites (tertiary alicyclic amines) is 1. The summed E-state index contributed by atoms with van der Waals surface area (Å²) >= 11 is 0. The molecule has 1 aromatic rings. The molecule has 1 heterocycles. The molecule has 0 radical (unpaired) electrons. The number of hydrogen-bond acceptors (Lipinski definition) is 5. The Kier molecular flexibility index (Phi) is 10.4. The summed E-state index contributed by atoms with van der Waals surface area (Å²) in [6.07, 6.45) is 5.70. The molecular weight excluding hydrogens is 405 g/mol. The number of hydrogen-bond donors (Lipinski definition) is 3. The molecule has 0 aliphatic carbocycles. The first kappa shape index (κ1) is 25.6. The Hall–Kier alpha value is -2.63. The summed E-state index contributed by atoms with van der Waals surface area (Å²) in [6.45, 7) is 5.14. The van der Waals surface area contributed by atoms with Crippen LogP contribution in [0.25, 0.3) is 0 Å². The van der Waals surface area contributed by atoms with Crippen molar-refractivity contribution in [3.63, 3.8) is 0 Å². The molecule has 1 fully saturated rings. The molecule has 0 bridgehead atoms. The molecule has 0 aromatic heterocycles. The molecule has 1 aliphatic rings. The minimum absolute atomic E-state index is 0.150. The van der Waals surface area contributed by atoms with Crippen molar-refractivity contribution >= 4 is 18.9 Å². The maximum Gasteiger partial charge on any atom is 0.475 e. The van der Waals surface area contributed by atoms with Gasteiger partial charge in [0.05, 0.1) is 5.94 Å². The minimum Gasteiger partial charge on any atom is -0.426 e. The summed E-state index contributed by atoms with van der Waals surface area (Å²) < 4.78 is 0. The molecule has 7 nitrogen and oxygen atoms in total. The Morgan fingerprint density at radius 3 is 2.47 bits per heavy atom. The number of carbonyl (C=O) groups excluding carboxylic acids is 2. The van der Waals surface area contributed by atoms with Crippen LogP contribution in [0.1, 0.15) is 51.5 Å².